The lowest BCUT2D eigenvalue weighted by Gasteiger charge is -2.33. The van der Waals surface area contributed by atoms with E-state index in [-0.39, 0.29) is 12.8 Å². The van der Waals surface area contributed by atoms with E-state index in [1.165, 1.54) is 18.6 Å². The SMILES string of the molecule is CCCc1ccc(CCC2=CC=C(CC)C(F)(F)C2(F)F)cc1. The van der Waals surface area contributed by atoms with Crippen molar-refractivity contribution in [3.05, 3.63) is 58.7 Å². The summed E-state index contributed by atoms with van der Waals surface area (Å²) < 4.78 is 56.0. The third kappa shape index (κ3) is 3.51. The van der Waals surface area contributed by atoms with Crippen LogP contribution in [0.15, 0.2) is 47.6 Å². The van der Waals surface area contributed by atoms with E-state index < -0.39 is 23.0 Å². The minimum atomic E-state index is -4.10. The Hall–Kier alpha value is -1.58. The zero-order valence-corrected chi connectivity index (χ0v) is 13.5. The van der Waals surface area contributed by atoms with Crippen LogP contribution in [0.4, 0.5) is 17.6 Å². The number of allylic oxidation sites excluding steroid dienone is 4. The molecule has 0 fully saturated rings. The van der Waals surface area contributed by atoms with Gasteiger partial charge >= 0.3 is 11.8 Å². The van der Waals surface area contributed by atoms with Gasteiger partial charge in [0.2, 0.25) is 0 Å². The van der Waals surface area contributed by atoms with Gasteiger partial charge in [-0.1, -0.05) is 56.7 Å². The van der Waals surface area contributed by atoms with Crippen LogP contribution in [-0.2, 0) is 12.8 Å². The first kappa shape index (κ1) is 17.8. The fourth-order valence-corrected chi connectivity index (χ4v) is 2.83. The van der Waals surface area contributed by atoms with E-state index in [1.54, 1.807) is 0 Å². The standard InChI is InChI=1S/C19H22F4/c1-3-5-14-6-8-15(9-7-14)10-11-17-13-12-16(4-2)18(20,21)19(17,22)23/h6-9,12-13H,3-5,10-11H2,1-2H3. The molecule has 1 aromatic rings. The molecule has 0 heterocycles. The molecule has 23 heavy (non-hydrogen) atoms. The second kappa shape index (κ2) is 6.90. The minimum Gasteiger partial charge on any atom is -0.194 e. The summed E-state index contributed by atoms with van der Waals surface area (Å²) in [6.07, 6.45) is 4.52. The molecule has 4 heteroatoms. The predicted molar refractivity (Wildman–Crippen MR) is 85.1 cm³/mol. The van der Waals surface area contributed by atoms with Crippen molar-refractivity contribution < 1.29 is 17.6 Å². The molecule has 0 aromatic heterocycles. The Balaban J connectivity index is 2.10. The quantitative estimate of drug-likeness (QED) is 0.553. The van der Waals surface area contributed by atoms with Crippen LogP contribution in [0.3, 0.4) is 0 Å². The molecule has 126 valence electrons. The molecular weight excluding hydrogens is 304 g/mol. The summed E-state index contributed by atoms with van der Waals surface area (Å²) in [5.41, 5.74) is 1.09. The summed E-state index contributed by atoms with van der Waals surface area (Å²) in [7, 11) is 0. The number of hydrogen-bond donors (Lipinski definition) is 0. The van der Waals surface area contributed by atoms with Crippen LogP contribution in [0.2, 0.25) is 0 Å². The van der Waals surface area contributed by atoms with Crippen molar-refractivity contribution in [2.75, 3.05) is 0 Å². The number of hydrogen-bond acceptors (Lipinski definition) is 0. The lowest BCUT2D eigenvalue weighted by molar-refractivity contribution is -0.165. The van der Waals surface area contributed by atoms with E-state index in [2.05, 4.69) is 6.92 Å². The van der Waals surface area contributed by atoms with Crippen LogP contribution in [-0.4, -0.2) is 11.8 Å². The van der Waals surface area contributed by atoms with E-state index in [9.17, 15) is 17.6 Å². The van der Waals surface area contributed by atoms with E-state index >= 15 is 0 Å². The van der Waals surface area contributed by atoms with Gasteiger partial charge in [0, 0.05) is 11.1 Å². The number of benzene rings is 1. The smallest absolute Gasteiger partial charge is 0.194 e. The van der Waals surface area contributed by atoms with Crippen LogP contribution < -0.4 is 0 Å². The molecule has 0 saturated heterocycles. The molecule has 1 aromatic carbocycles. The van der Waals surface area contributed by atoms with E-state index in [4.69, 9.17) is 0 Å². The third-order valence-corrected chi connectivity index (χ3v) is 4.31. The highest BCUT2D eigenvalue weighted by Gasteiger charge is 2.60. The van der Waals surface area contributed by atoms with E-state index in [0.29, 0.717) is 6.42 Å². The van der Waals surface area contributed by atoms with E-state index in [0.717, 1.165) is 24.5 Å². The normalized spacial score (nSPS) is 19.2. The largest absolute Gasteiger partial charge is 0.335 e. The molecule has 0 bridgehead atoms. The maximum absolute atomic E-state index is 14.1. The van der Waals surface area contributed by atoms with Crippen LogP contribution in [0.5, 0.6) is 0 Å². The molecule has 0 amide bonds. The maximum atomic E-state index is 14.1. The van der Waals surface area contributed by atoms with Gasteiger partial charge in [0.15, 0.2) is 0 Å². The Morgan fingerprint density at radius 1 is 0.696 bits per heavy atom. The zero-order chi connectivity index (χ0) is 17.1. The van der Waals surface area contributed by atoms with Gasteiger partial charge in [-0.25, -0.2) is 0 Å². The molecule has 0 unspecified atom stereocenters. The first-order valence-electron chi connectivity index (χ1n) is 8.07. The van der Waals surface area contributed by atoms with Gasteiger partial charge < -0.3 is 0 Å². The molecule has 1 aliphatic carbocycles. The summed E-state index contributed by atoms with van der Waals surface area (Å²) in [4.78, 5) is 0. The third-order valence-electron chi connectivity index (χ3n) is 4.31. The first-order chi connectivity index (χ1) is 10.8. The monoisotopic (exact) mass is 326 g/mol. The van der Waals surface area contributed by atoms with Gasteiger partial charge in [0.05, 0.1) is 0 Å². The zero-order valence-electron chi connectivity index (χ0n) is 13.5. The second-order valence-corrected chi connectivity index (χ2v) is 5.95. The van der Waals surface area contributed by atoms with Crippen LogP contribution >= 0.6 is 0 Å². The highest BCUT2D eigenvalue weighted by molar-refractivity contribution is 5.38. The van der Waals surface area contributed by atoms with Gasteiger partial charge in [0.1, 0.15) is 0 Å². The Morgan fingerprint density at radius 3 is 1.70 bits per heavy atom. The molecule has 2 rings (SSSR count). The number of rotatable bonds is 6. The fraction of sp³-hybridized carbons (Fsp3) is 0.474. The summed E-state index contributed by atoms with van der Waals surface area (Å²) in [6.45, 7) is 3.55. The Kier molecular flexibility index (Phi) is 5.33. The molecule has 0 aliphatic heterocycles. The maximum Gasteiger partial charge on any atom is 0.335 e. The molecule has 0 nitrogen and oxygen atoms in total. The summed E-state index contributed by atoms with van der Waals surface area (Å²) >= 11 is 0. The number of alkyl halides is 4. The molecule has 0 saturated carbocycles. The molecule has 0 atom stereocenters. The lowest BCUT2D eigenvalue weighted by Crippen LogP contribution is -2.45. The molecule has 0 N–H and O–H groups in total. The fourth-order valence-electron chi connectivity index (χ4n) is 2.83. The number of halogens is 4. The predicted octanol–water partition coefficient (Wildman–Crippen LogP) is 6.12. The molecule has 0 spiro atoms. The van der Waals surface area contributed by atoms with Crippen molar-refractivity contribution in [2.24, 2.45) is 0 Å². The first-order valence-corrected chi connectivity index (χ1v) is 8.07. The second-order valence-electron chi connectivity index (χ2n) is 5.95. The lowest BCUT2D eigenvalue weighted by atomic mass is 9.86. The van der Waals surface area contributed by atoms with Gasteiger partial charge in [-0.15, -0.1) is 0 Å². The van der Waals surface area contributed by atoms with Crippen molar-refractivity contribution in [3.63, 3.8) is 0 Å². The van der Waals surface area contributed by atoms with Crippen LogP contribution in [0, 0.1) is 0 Å². The van der Waals surface area contributed by atoms with Crippen molar-refractivity contribution in [3.8, 4) is 0 Å². The summed E-state index contributed by atoms with van der Waals surface area (Å²) in [5, 5.41) is 0. The van der Waals surface area contributed by atoms with Crippen molar-refractivity contribution in [1.29, 1.82) is 0 Å². The van der Waals surface area contributed by atoms with Gasteiger partial charge in [-0.2, -0.15) is 17.6 Å². The number of aryl methyl sites for hydroxylation is 2. The van der Waals surface area contributed by atoms with Gasteiger partial charge in [-0.3, -0.25) is 0 Å². The summed E-state index contributed by atoms with van der Waals surface area (Å²) in [6, 6.07) is 7.71. The average molecular weight is 326 g/mol. The van der Waals surface area contributed by atoms with Crippen molar-refractivity contribution >= 4 is 0 Å². The van der Waals surface area contributed by atoms with Gasteiger partial charge in [-0.05, 0) is 36.8 Å². The Labute approximate surface area is 134 Å². The highest BCUT2D eigenvalue weighted by Crippen LogP contribution is 2.49. The van der Waals surface area contributed by atoms with Crippen molar-refractivity contribution in [1.82, 2.24) is 0 Å². The minimum absolute atomic E-state index is 0.0663. The average Bonchev–Trinajstić information content (AvgIpc) is 2.51. The van der Waals surface area contributed by atoms with E-state index in [1.807, 2.05) is 24.3 Å². The molecular formula is C19H22F4. The topological polar surface area (TPSA) is 0 Å². The van der Waals surface area contributed by atoms with Gasteiger partial charge in [0.25, 0.3) is 0 Å². The van der Waals surface area contributed by atoms with Crippen molar-refractivity contribution in [2.45, 2.75) is 57.8 Å². The highest BCUT2D eigenvalue weighted by atomic mass is 19.3. The Bertz CT molecular complexity index is 594. The molecule has 0 radical (unpaired) electrons. The van der Waals surface area contributed by atoms with Crippen LogP contribution in [0.1, 0.15) is 44.2 Å². The molecule has 1 aliphatic rings. The summed E-state index contributed by atoms with van der Waals surface area (Å²) in [5.74, 6) is -8.19. The Morgan fingerprint density at radius 2 is 1.17 bits per heavy atom. The van der Waals surface area contributed by atoms with Crippen LogP contribution in [0.25, 0.3) is 0 Å².